The van der Waals surface area contributed by atoms with Crippen LogP contribution < -0.4 is 0 Å². The van der Waals surface area contributed by atoms with E-state index in [2.05, 4.69) is 0 Å². The number of aliphatic hydroxyl groups excluding tert-OH is 1. The van der Waals surface area contributed by atoms with Crippen LogP contribution in [0.15, 0.2) is 30.3 Å². The number of hydrogen-bond acceptors (Lipinski definition) is 3. The van der Waals surface area contributed by atoms with E-state index in [0.29, 0.717) is 12.5 Å². The molecule has 20 heavy (non-hydrogen) atoms. The van der Waals surface area contributed by atoms with Gasteiger partial charge in [-0.1, -0.05) is 30.3 Å². The quantitative estimate of drug-likeness (QED) is 0.920. The van der Waals surface area contributed by atoms with E-state index in [1.807, 2.05) is 37.3 Å². The maximum atomic E-state index is 12.0. The molecule has 0 spiro atoms. The van der Waals surface area contributed by atoms with Crippen LogP contribution in [0.4, 0.5) is 4.79 Å². The molecule has 0 saturated carbocycles. The maximum Gasteiger partial charge on any atom is 0.410 e. The predicted octanol–water partition coefficient (Wildman–Crippen LogP) is 2.81. The van der Waals surface area contributed by atoms with E-state index < -0.39 is 0 Å². The van der Waals surface area contributed by atoms with Gasteiger partial charge in [-0.15, -0.1) is 0 Å². The van der Waals surface area contributed by atoms with Gasteiger partial charge in [0.05, 0.1) is 6.10 Å². The van der Waals surface area contributed by atoms with Crippen molar-refractivity contribution in [2.45, 2.75) is 38.9 Å². The van der Waals surface area contributed by atoms with Gasteiger partial charge in [0.2, 0.25) is 0 Å². The minimum absolute atomic E-state index is 0.232. The molecule has 0 radical (unpaired) electrons. The van der Waals surface area contributed by atoms with E-state index in [4.69, 9.17) is 4.74 Å². The van der Waals surface area contributed by atoms with Crippen molar-refractivity contribution >= 4 is 6.09 Å². The highest BCUT2D eigenvalue weighted by atomic mass is 16.6. The van der Waals surface area contributed by atoms with Crippen LogP contribution in [0.3, 0.4) is 0 Å². The van der Waals surface area contributed by atoms with Crippen LogP contribution in [0.2, 0.25) is 0 Å². The molecule has 2 rings (SSSR count). The number of carbonyl (C=O) groups excluding carboxylic acids is 1. The van der Waals surface area contributed by atoms with Gasteiger partial charge in [-0.3, -0.25) is 0 Å². The fraction of sp³-hybridized carbons (Fsp3) is 0.562. The number of carbonyl (C=O) groups is 1. The van der Waals surface area contributed by atoms with E-state index in [1.165, 1.54) is 0 Å². The van der Waals surface area contributed by atoms with Gasteiger partial charge < -0.3 is 14.7 Å². The summed E-state index contributed by atoms with van der Waals surface area (Å²) in [4.78, 5) is 13.7. The lowest BCUT2D eigenvalue weighted by atomic mass is 9.92. The lowest BCUT2D eigenvalue weighted by Gasteiger charge is -2.31. The van der Waals surface area contributed by atoms with Gasteiger partial charge >= 0.3 is 6.09 Å². The fourth-order valence-electron chi connectivity index (χ4n) is 2.64. The van der Waals surface area contributed by atoms with Crippen molar-refractivity contribution in [1.82, 2.24) is 4.90 Å². The van der Waals surface area contributed by atoms with Crippen LogP contribution in [0.1, 0.15) is 31.7 Å². The van der Waals surface area contributed by atoms with Gasteiger partial charge in [0.25, 0.3) is 0 Å². The molecule has 110 valence electrons. The third-order valence-electron chi connectivity index (χ3n) is 3.75. The van der Waals surface area contributed by atoms with Crippen LogP contribution >= 0.6 is 0 Å². The lowest BCUT2D eigenvalue weighted by molar-refractivity contribution is 0.0743. The van der Waals surface area contributed by atoms with Crippen LogP contribution in [0.5, 0.6) is 0 Å². The molecule has 0 aromatic heterocycles. The molecular formula is C16H23NO3. The predicted molar refractivity (Wildman–Crippen MR) is 77.2 cm³/mol. The number of piperidine rings is 1. The zero-order valence-corrected chi connectivity index (χ0v) is 12.0. The Hall–Kier alpha value is -1.55. The van der Waals surface area contributed by atoms with Gasteiger partial charge in [-0.2, -0.15) is 0 Å². The lowest BCUT2D eigenvalue weighted by Crippen LogP contribution is -2.39. The van der Waals surface area contributed by atoms with Crippen molar-refractivity contribution in [1.29, 1.82) is 0 Å². The van der Waals surface area contributed by atoms with Crippen molar-refractivity contribution in [3.8, 4) is 0 Å². The third-order valence-corrected chi connectivity index (χ3v) is 3.75. The monoisotopic (exact) mass is 277 g/mol. The number of ether oxygens (including phenoxy) is 1. The van der Waals surface area contributed by atoms with Crippen molar-refractivity contribution in [2.24, 2.45) is 5.92 Å². The fourth-order valence-corrected chi connectivity index (χ4v) is 2.64. The topological polar surface area (TPSA) is 49.8 Å². The Kier molecular flexibility index (Phi) is 5.41. The molecule has 1 N–H and O–H groups in total. The molecule has 1 fully saturated rings. The molecule has 1 unspecified atom stereocenters. The van der Waals surface area contributed by atoms with Gasteiger partial charge in [-0.25, -0.2) is 4.79 Å². The molecule has 1 aliphatic rings. The highest BCUT2D eigenvalue weighted by Gasteiger charge is 2.24. The maximum absolute atomic E-state index is 12.0. The summed E-state index contributed by atoms with van der Waals surface area (Å²) in [6.07, 6.45) is 2.24. The smallest absolute Gasteiger partial charge is 0.410 e. The Balaban J connectivity index is 1.72. The van der Waals surface area contributed by atoms with Crippen LogP contribution in [-0.4, -0.2) is 35.3 Å². The van der Waals surface area contributed by atoms with E-state index in [-0.39, 0.29) is 12.2 Å². The van der Waals surface area contributed by atoms with Gasteiger partial charge in [0.1, 0.15) is 6.61 Å². The summed E-state index contributed by atoms with van der Waals surface area (Å²) in [5.74, 6) is 0.521. The number of aliphatic hydroxyl groups is 1. The molecule has 4 nitrogen and oxygen atoms in total. The summed E-state index contributed by atoms with van der Waals surface area (Å²) in [6, 6.07) is 9.71. The highest BCUT2D eigenvalue weighted by molar-refractivity contribution is 5.67. The summed E-state index contributed by atoms with van der Waals surface area (Å²) < 4.78 is 5.32. The first-order valence-electron chi connectivity index (χ1n) is 7.29. The first-order chi connectivity index (χ1) is 9.65. The van der Waals surface area contributed by atoms with Crippen molar-refractivity contribution in [3.63, 3.8) is 0 Å². The minimum atomic E-state index is -0.253. The average Bonchev–Trinajstić information content (AvgIpc) is 2.46. The van der Waals surface area contributed by atoms with E-state index in [0.717, 1.165) is 37.9 Å². The zero-order valence-electron chi connectivity index (χ0n) is 12.0. The van der Waals surface area contributed by atoms with Crippen molar-refractivity contribution in [2.75, 3.05) is 13.1 Å². The van der Waals surface area contributed by atoms with Crippen LogP contribution in [0, 0.1) is 5.92 Å². The normalized spacial score (nSPS) is 17.8. The Morgan fingerprint density at radius 2 is 2.00 bits per heavy atom. The summed E-state index contributed by atoms with van der Waals surface area (Å²) in [5, 5.41) is 9.38. The molecular weight excluding hydrogens is 254 g/mol. The van der Waals surface area contributed by atoms with Gasteiger partial charge in [0, 0.05) is 13.1 Å². The van der Waals surface area contributed by atoms with E-state index >= 15 is 0 Å². The number of rotatable bonds is 4. The van der Waals surface area contributed by atoms with Crippen molar-refractivity contribution in [3.05, 3.63) is 35.9 Å². The summed E-state index contributed by atoms with van der Waals surface area (Å²) in [5.41, 5.74) is 1.00. The first kappa shape index (κ1) is 14.9. The number of nitrogens with zero attached hydrogens (tertiary/aromatic N) is 1. The highest BCUT2D eigenvalue weighted by Crippen LogP contribution is 2.22. The zero-order chi connectivity index (χ0) is 14.4. The van der Waals surface area contributed by atoms with Gasteiger partial charge in [0.15, 0.2) is 0 Å². The molecule has 1 saturated heterocycles. The Morgan fingerprint density at radius 3 is 2.60 bits per heavy atom. The number of benzene rings is 1. The number of hydrogen-bond donors (Lipinski definition) is 1. The first-order valence-corrected chi connectivity index (χ1v) is 7.29. The molecule has 1 aromatic carbocycles. The number of amides is 1. The third kappa shape index (κ3) is 4.53. The summed E-state index contributed by atoms with van der Waals surface area (Å²) in [6.45, 7) is 3.60. The van der Waals surface area contributed by atoms with Crippen molar-refractivity contribution < 1.29 is 14.6 Å². The molecule has 1 amide bonds. The number of likely N-dealkylation sites (tertiary alicyclic amines) is 1. The standard InChI is InChI=1S/C16H23NO3/c1-13(18)11-14-7-9-17(10-8-14)16(19)20-12-15-5-3-2-4-6-15/h2-6,13-14,18H,7-12H2,1H3. The molecule has 1 aromatic rings. The second-order valence-corrected chi connectivity index (χ2v) is 5.56. The Labute approximate surface area is 120 Å². The summed E-state index contributed by atoms with van der Waals surface area (Å²) in [7, 11) is 0. The van der Waals surface area contributed by atoms with E-state index in [1.54, 1.807) is 4.90 Å². The molecule has 0 aliphatic carbocycles. The molecule has 1 heterocycles. The Bertz CT molecular complexity index is 411. The summed E-state index contributed by atoms with van der Waals surface area (Å²) >= 11 is 0. The largest absolute Gasteiger partial charge is 0.445 e. The second kappa shape index (κ2) is 7.29. The van der Waals surface area contributed by atoms with E-state index in [9.17, 15) is 9.90 Å². The average molecular weight is 277 g/mol. The molecule has 0 bridgehead atoms. The van der Waals surface area contributed by atoms with Gasteiger partial charge in [-0.05, 0) is 37.7 Å². The van der Waals surface area contributed by atoms with Crippen LogP contribution in [-0.2, 0) is 11.3 Å². The molecule has 4 heteroatoms. The minimum Gasteiger partial charge on any atom is -0.445 e. The molecule has 1 atom stereocenters. The molecule has 1 aliphatic heterocycles. The SMILES string of the molecule is CC(O)CC1CCN(C(=O)OCc2ccccc2)CC1. The Morgan fingerprint density at radius 1 is 1.35 bits per heavy atom. The van der Waals surface area contributed by atoms with Crippen LogP contribution in [0.25, 0.3) is 0 Å². The second-order valence-electron chi connectivity index (χ2n) is 5.56.